The molecule has 26 heavy (non-hydrogen) atoms. The molecule has 0 amide bonds. The van der Waals surface area contributed by atoms with Gasteiger partial charge in [0.05, 0.1) is 0 Å². The van der Waals surface area contributed by atoms with E-state index < -0.39 is 0 Å². The van der Waals surface area contributed by atoms with Gasteiger partial charge in [0.15, 0.2) is 5.96 Å². The van der Waals surface area contributed by atoms with Crippen LogP contribution >= 0.6 is 24.0 Å². The minimum absolute atomic E-state index is 0. The van der Waals surface area contributed by atoms with Gasteiger partial charge in [-0.05, 0) is 55.2 Å². The summed E-state index contributed by atoms with van der Waals surface area (Å²) in [6.07, 6.45) is 7.22. The van der Waals surface area contributed by atoms with Crippen LogP contribution in [0.25, 0.3) is 0 Å². The van der Waals surface area contributed by atoms with Crippen LogP contribution in [0.4, 0.5) is 4.39 Å². The molecule has 1 aromatic rings. The number of nitrogens with one attached hydrogen (secondary N) is 2. The van der Waals surface area contributed by atoms with E-state index in [9.17, 15) is 4.39 Å². The van der Waals surface area contributed by atoms with Crippen LogP contribution in [0.1, 0.15) is 44.1 Å². The maximum absolute atomic E-state index is 13.1. The van der Waals surface area contributed by atoms with Gasteiger partial charge >= 0.3 is 0 Å². The van der Waals surface area contributed by atoms with Crippen molar-refractivity contribution in [3.8, 4) is 0 Å². The lowest BCUT2D eigenvalue weighted by Gasteiger charge is -2.42. The first-order valence-electron chi connectivity index (χ1n) is 9.31. The van der Waals surface area contributed by atoms with Crippen LogP contribution in [0, 0.1) is 11.2 Å². The predicted molar refractivity (Wildman–Crippen MR) is 115 cm³/mol. The maximum Gasteiger partial charge on any atom is 0.191 e. The van der Waals surface area contributed by atoms with Crippen molar-refractivity contribution in [2.24, 2.45) is 10.4 Å². The fourth-order valence-corrected chi connectivity index (χ4v) is 3.78. The number of hydrogen-bond acceptors (Lipinski definition) is 2. The van der Waals surface area contributed by atoms with Crippen molar-refractivity contribution in [3.05, 3.63) is 35.6 Å². The van der Waals surface area contributed by atoms with Gasteiger partial charge in [0.25, 0.3) is 0 Å². The van der Waals surface area contributed by atoms with Crippen LogP contribution in [0.3, 0.4) is 0 Å². The van der Waals surface area contributed by atoms with Crippen molar-refractivity contribution in [1.82, 2.24) is 10.6 Å². The van der Waals surface area contributed by atoms with E-state index in [4.69, 9.17) is 4.74 Å². The highest BCUT2D eigenvalue weighted by Gasteiger charge is 2.44. The average molecular weight is 475 g/mol. The Bertz CT molecular complexity index is 598. The number of benzene rings is 1. The van der Waals surface area contributed by atoms with E-state index in [0.29, 0.717) is 5.41 Å². The highest BCUT2D eigenvalue weighted by molar-refractivity contribution is 14.0. The van der Waals surface area contributed by atoms with Crippen LogP contribution in [-0.4, -0.2) is 39.8 Å². The van der Waals surface area contributed by atoms with Crippen LogP contribution < -0.4 is 10.6 Å². The number of guanidine groups is 1. The number of rotatable bonds is 8. The highest BCUT2D eigenvalue weighted by atomic mass is 127. The van der Waals surface area contributed by atoms with Gasteiger partial charge in [-0.15, -0.1) is 24.0 Å². The van der Waals surface area contributed by atoms with Crippen molar-refractivity contribution in [2.45, 2.75) is 43.9 Å². The number of aliphatic imine (C=N–C) groups is 1. The van der Waals surface area contributed by atoms with Crippen molar-refractivity contribution in [2.75, 3.05) is 33.9 Å². The molecule has 6 heteroatoms. The number of ether oxygens (including phenoxy) is 1. The number of methoxy groups -OCH3 is 1. The first kappa shape index (κ1) is 21.4. The fraction of sp³-hybridized carbons (Fsp3) is 0.650. The predicted octanol–water partition coefficient (Wildman–Crippen LogP) is 3.85. The molecule has 0 saturated heterocycles. The summed E-state index contributed by atoms with van der Waals surface area (Å²) in [6.45, 7) is 2.60. The third-order valence-electron chi connectivity index (χ3n) is 6.01. The van der Waals surface area contributed by atoms with E-state index in [2.05, 4.69) is 15.6 Å². The third-order valence-corrected chi connectivity index (χ3v) is 6.01. The fourth-order valence-electron chi connectivity index (χ4n) is 3.78. The van der Waals surface area contributed by atoms with Crippen molar-refractivity contribution in [3.63, 3.8) is 0 Å². The summed E-state index contributed by atoms with van der Waals surface area (Å²) in [5.41, 5.74) is 1.71. The van der Waals surface area contributed by atoms with E-state index in [-0.39, 0.29) is 35.2 Å². The largest absolute Gasteiger partial charge is 0.385 e. The quantitative estimate of drug-likeness (QED) is 0.341. The number of nitrogens with zero attached hydrogens (tertiary/aromatic N) is 1. The van der Waals surface area contributed by atoms with E-state index in [1.165, 1.54) is 24.8 Å². The summed E-state index contributed by atoms with van der Waals surface area (Å²) in [5.74, 6) is 0.684. The molecule has 0 unspecified atom stereocenters. The highest BCUT2D eigenvalue weighted by Crippen LogP contribution is 2.47. The molecule has 1 aromatic carbocycles. The van der Waals surface area contributed by atoms with Gasteiger partial charge in [0.1, 0.15) is 5.82 Å². The Labute approximate surface area is 173 Å². The van der Waals surface area contributed by atoms with Crippen LogP contribution in [0.2, 0.25) is 0 Å². The molecule has 4 nitrogen and oxygen atoms in total. The SMILES string of the molecule is CN=C(NCC1(CCOC)CCC1)NCC1(c2ccc(F)cc2)CC1.I. The molecule has 2 saturated carbocycles. The molecule has 0 aliphatic heterocycles. The van der Waals surface area contributed by atoms with E-state index >= 15 is 0 Å². The van der Waals surface area contributed by atoms with Crippen molar-refractivity contribution < 1.29 is 9.13 Å². The molecule has 0 atom stereocenters. The van der Waals surface area contributed by atoms with E-state index in [0.717, 1.165) is 44.9 Å². The molecule has 2 N–H and O–H groups in total. The monoisotopic (exact) mass is 475 g/mol. The lowest BCUT2D eigenvalue weighted by atomic mass is 9.67. The Hall–Kier alpha value is -0.890. The smallest absolute Gasteiger partial charge is 0.191 e. The molecule has 146 valence electrons. The second kappa shape index (κ2) is 9.35. The molecule has 2 fully saturated rings. The molecular formula is C20H31FIN3O. The summed E-state index contributed by atoms with van der Waals surface area (Å²) >= 11 is 0. The summed E-state index contributed by atoms with van der Waals surface area (Å²) < 4.78 is 18.4. The lowest BCUT2D eigenvalue weighted by Crippen LogP contribution is -2.48. The Morgan fingerprint density at radius 3 is 2.27 bits per heavy atom. The summed E-state index contributed by atoms with van der Waals surface area (Å²) in [7, 11) is 3.58. The van der Waals surface area contributed by atoms with Crippen molar-refractivity contribution >= 4 is 29.9 Å². The van der Waals surface area contributed by atoms with Gasteiger partial charge in [-0.1, -0.05) is 18.6 Å². The van der Waals surface area contributed by atoms with Crippen molar-refractivity contribution in [1.29, 1.82) is 0 Å². The van der Waals surface area contributed by atoms with Gasteiger partial charge in [-0.25, -0.2) is 4.39 Å². The topological polar surface area (TPSA) is 45.7 Å². The Balaban J connectivity index is 0.00000243. The zero-order valence-electron chi connectivity index (χ0n) is 15.8. The second-order valence-corrected chi connectivity index (χ2v) is 7.66. The summed E-state index contributed by atoms with van der Waals surface area (Å²) in [4.78, 5) is 4.37. The molecule has 0 heterocycles. The van der Waals surface area contributed by atoms with Crippen LogP contribution in [0.5, 0.6) is 0 Å². The van der Waals surface area contributed by atoms with E-state index in [1.807, 2.05) is 19.2 Å². The Morgan fingerprint density at radius 1 is 1.12 bits per heavy atom. The standard InChI is InChI=1S/C20H30FN3O.HI/c1-22-18(23-14-19(8-3-9-19)12-13-25-2)24-15-20(10-11-20)16-4-6-17(21)7-5-16;/h4-7H,3,8-15H2,1-2H3,(H2,22,23,24);1H. The normalized spacial score (nSPS) is 19.9. The Morgan fingerprint density at radius 2 is 1.77 bits per heavy atom. The van der Waals surface area contributed by atoms with Gasteiger partial charge < -0.3 is 15.4 Å². The molecule has 2 aliphatic rings. The third kappa shape index (κ3) is 5.09. The maximum atomic E-state index is 13.1. The minimum atomic E-state index is -0.174. The number of halogens is 2. The number of hydrogen-bond donors (Lipinski definition) is 2. The van der Waals surface area contributed by atoms with Crippen LogP contribution in [0.15, 0.2) is 29.3 Å². The zero-order chi connectivity index (χ0) is 17.8. The molecule has 3 rings (SSSR count). The van der Waals surface area contributed by atoms with Gasteiger partial charge in [0, 0.05) is 39.3 Å². The molecule has 2 aliphatic carbocycles. The minimum Gasteiger partial charge on any atom is -0.385 e. The average Bonchev–Trinajstić information content (AvgIpc) is 3.38. The first-order chi connectivity index (χ1) is 12.1. The molecule has 0 bridgehead atoms. The Kier molecular flexibility index (Phi) is 7.70. The lowest BCUT2D eigenvalue weighted by molar-refractivity contribution is 0.0732. The second-order valence-electron chi connectivity index (χ2n) is 7.66. The first-order valence-corrected chi connectivity index (χ1v) is 9.31. The van der Waals surface area contributed by atoms with Crippen LogP contribution in [-0.2, 0) is 10.2 Å². The summed E-state index contributed by atoms with van der Waals surface area (Å²) in [5, 5.41) is 6.98. The summed E-state index contributed by atoms with van der Waals surface area (Å²) in [6, 6.07) is 6.93. The molecular weight excluding hydrogens is 444 g/mol. The zero-order valence-corrected chi connectivity index (χ0v) is 18.1. The molecule has 0 spiro atoms. The van der Waals surface area contributed by atoms with E-state index in [1.54, 1.807) is 19.2 Å². The van der Waals surface area contributed by atoms with Gasteiger partial charge in [0.2, 0.25) is 0 Å². The van der Waals surface area contributed by atoms with Gasteiger partial charge in [-0.2, -0.15) is 0 Å². The molecule has 0 aromatic heterocycles. The van der Waals surface area contributed by atoms with Gasteiger partial charge in [-0.3, -0.25) is 4.99 Å². The molecule has 0 radical (unpaired) electrons.